The standard InChI is InChI=1S/C21H26N2O2/c1-25-21(24)20-9-5-8-18(16-20)10-11-22-12-14-23(15-13-22)17-19-6-3-2-4-7-19/h2-9,16H,10-15,17H2,1H3/p+2. The lowest BCUT2D eigenvalue weighted by molar-refractivity contribution is -1.02. The van der Waals surface area contributed by atoms with Gasteiger partial charge >= 0.3 is 5.97 Å². The number of ether oxygens (including phenoxy) is 1. The number of esters is 1. The van der Waals surface area contributed by atoms with E-state index in [1.807, 2.05) is 18.2 Å². The number of benzene rings is 2. The number of methoxy groups -OCH3 is 1. The second-order valence-corrected chi connectivity index (χ2v) is 6.85. The Kier molecular flexibility index (Phi) is 6.20. The van der Waals surface area contributed by atoms with Gasteiger partial charge in [-0.25, -0.2) is 4.79 Å². The smallest absolute Gasteiger partial charge is 0.337 e. The van der Waals surface area contributed by atoms with Crippen LogP contribution in [0, 0.1) is 0 Å². The molecule has 0 radical (unpaired) electrons. The molecule has 3 rings (SSSR count). The SMILES string of the molecule is COC(=O)c1cccc(CC[NH+]2CC[NH+](Cc3ccccc3)CC2)c1. The summed E-state index contributed by atoms with van der Waals surface area (Å²) in [5, 5.41) is 0. The summed E-state index contributed by atoms with van der Waals surface area (Å²) in [6.07, 6.45) is 1.01. The quantitative estimate of drug-likeness (QED) is 0.726. The maximum absolute atomic E-state index is 11.6. The van der Waals surface area contributed by atoms with E-state index < -0.39 is 0 Å². The van der Waals surface area contributed by atoms with Gasteiger partial charge in [0.2, 0.25) is 0 Å². The van der Waals surface area contributed by atoms with Crippen LogP contribution in [0.25, 0.3) is 0 Å². The number of carbonyl (C=O) groups excluding carboxylic acids is 1. The third kappa shape index (κ3) is 5.15. The second kappa shape index (κ2) is 8.79. The fraction of sp³-hybridized carbons (Fsp3) is 0.381. The molecule has 2 aromatic carbocycles. The van der Waals surface area contributed by atoms with Gasteiger partial charge in [0.25, 0.3) is 0 Å². The normalized spacial score (nSPS) is 20.2. The van der Waals surface area contributed by atoms with Gasteiger partial charge in [-0.3, -0.25) is 0 Å². The lowest BCUT2D eigenvalue weighted by Gasteiger charge is -2.29. The molecule has 0 unspecified atom stereocenters. The minimum Gasteiger partial charge on any atom is -0.465 e. The molecule has 0 aromatic heterocycles. The number of hydrogen-bond donors (Lipinski definition) is 2. The molecule has 25 heavy (non-hydrogen) atoms. The zero-order valence-electron chi connectivity index (χ0n) is 15.0. The van der Waals surface area contributed by atoms with E-state index in [-0.39, 0.29) is 5.97 Å². The largest absolute Gasteiger partial charge is 0.465 e. The molecule has 1 fully saturated rings. The Bertz CT molecular complexity index is 679. The van der Waals surface area contributed by atoms with E-state index in [4.69, 9.17) is 4.74 Å². The Morgan fingerprint density at radius 3 is 2.32 bits per heavy atom. The molecule has 0 spiro atoms. The van der Waals surface area contributed by atoms with Gasteiger partial charge in [0.15, 0.2) is 0 Å². The van der Waals surface area contributed by atoms with E-state index >= 15 is 0 Å². The Labute approximate surface area is 150 Å². The molecule has 2 aromatic rings. The molecule has 0 bridgehead atoms. The third-order valence-corrected chi connectivity index (χ3v) is 5.08. The van der Waals surface area contributed by atoms with E-state index in [0.717, 1.165) is 19.5 Å². The molecule has 132 valence electrons. The fourth-order valence-electron chi connectivity index (χ4n) is 3.56. The van der Waals surface area contributed by atoms with Crippen molar-refractivity contribution in [3.63, 3.8) is 0 Å². The molecule has 0 aliphatic carbocycles. The summed E-state index contributed by atoms with van der Waals surface area (Å²) in [7, 11) is 1.43. The Balaban J connectivity index is 1.44. The molecule has 4 nitrogen and oxygen atoms in total. The van der Waals surface area contributed by atoms with Crippen LogP contribution in [0.3, 0.4) is 0 Å². The zero-order valence-corrected chi connectivity index (χ0v) is 15.0. The van der Waals surface area contributed by atoms with Crippen molar-refractivity contribution in [2.75, 3.05) is 39.8 Å². The maximum Gasteiger partial charge on any atom is 0.337 e. The topological polar surface area (TPSA) is 35.2 Å². The lowest BCUT2D eigenvalue weighted by atomic mass is 10.1. The summed E-state index contributed by atoms with van der Waals surface area (Å²) in [5.41, 5.74) is 3.29. The van der Waals surface area contributed by atoms with Crippen LogP contribution in [0.1, 0.15) is 21.5 Å². The minimum atomic E-state index is -0.257. The van der Waals surface area contributed by atoms with Gasteiger partial charge in [0, 0.05) is 12.0 Å². The molecule has 1 heterocycles. The minimum absolute atomic E-state index is 0.257. The first-order valence-corrected chi connectivity index (χ1v) is 9.13. The molecular formula is C21H28N2O2+2. The van der Waals surface area contributed by atoms with Gasteiger partial charge in [-0.1, -0.05) is 42.5 Å². The molecule has 1 aliphatic rings. The molecule has 4 heteroatoms. The van der Waals surface area contributed by atoms with Gasteiger partial charge in [0.1, 0.15) is 32.7 Å². The highest BCUT2D eigenvalue weighted by molar-refractivity contribution is 5.89. The van der Waals surface area contributed by atoms with Crippen molar-refractivity contribution >= 4 is 5.97 Å². The van der Waals surface area contributed by atoms with Crippen molar-refractivity contribution in [1.29, 1.82) is 0 Å². The lowest BCUT2D eigenvalue weighted by Crippen LogP contribution is -3.27. The first-order valence-electron chi connectivity index (χ1n) is 9.13. The number of rotatable bonds is 6. The predicted molar refractivity (Wildman–Crippen MR) is 97.9 cm³/mol. The summed E-state index contributed by atoms with van der Waals surface area (Å²) < 4.78 is 4.80. The Morgan fingerprint density at radius 1 is 0.920 bits per heavy atom. The van der Waals surface area contributed by atoms with Gasteiger partial charge in [-0.2, -0.15) is 0 Å². The first kappa shape index (κ1) is 17.6. The molecule has 0 amide bonds. The average molecular weight is 340 g/mol. The maximum atomic E-state index is 11.6. The van der Waals surface area contributed by atoms with E-state index in [2.05, 4.69) is 36.4 Å². The monoisotopic (exact) mass is 340 g/mol. The van der Waals surface area contributed by atoms with Crippen LogP contribution in [0.15, 0.2) is 54.6 Å². The number of piperazine rings is 1. The number of carbonyl (C=O) groups is 1. The summed E-state index contributed by atoms with van der Waals surface area (Å²) >= 11 is 0. The number of quaternary nitrogens is 2. The average Bonchev–Trinajstić information content (AvgIpc) is 2.68. The highest BCUT2D eigenvalue weighted by atomic mass is 16.5. The molecule has 0 atom stereocenters. The summed E-state index contributed by atoms with van der Waals surface area (Å²) in [6.45, 7) is 7.16. The van der Waals surface area contributed by atoms with E-state index in [1.54, 1.807) is 9.80 Å². The van der Waals surface area contributed by atoms with Gasteiger partial charge in [-0.05, 0) is 17.7 Å². The molecule has 1 saturated heterocycles. The first-order chi connectivity index (χ1) is 12.2. The molecule has 2 N–H and O–H groups in total. The van der Waals surface area contributed by atoms with Gasteiger partial charge in [0.05, 0.1) is 19.2 Å². The van der Waals surface area contributed by atoms with Crippen LogP contribution in [-0.2, 0) is 17.7 Å². The second-order valence-electron chi connectivity index (χ2n) is 6.85. The summed E-state index contributed by atoms with van der Waals surface area (Å²) in [4.78, 5) is 15.0. The molecular weight excluding hydrogens is 312 g/mol. The highest BCUT2D eigenvalue weighted by Crippen LogP contribution is 2.06. The van der Waals surface area contributed by atoms with Crippen molar-refractivity contribution in [3.05, 3.63) is 71.3 Å². The van der Waals surface area contributed by atoms with Crippen LogP contribution in [0.5, 0.6) is 0 Å². The Morgan fingerprint density at radius 2 is 1.60 bits per heavy atom. The van der Waals surface area contributed by atoms with Gasteiger partial charge < -0.3 is 14.5 Å². The van der Waals surface area contributed by atoms with Crippen molar-refractivity contribution in [3.8, 4) is 0 Å². The molecule has 1 aliphatic heterocycles. The number of hydrogen-bond acceptors (Lipinski definition) is 2. The van der Waals surface area contributed by atoms with Crippen LogP contribution >= 0.6 is 0 Å². The van der Waals surface area contributed by atoms with Gasteiger partial charge in [-0.15, -0.1) is 0 Å². The van der Waals surface area contributed by atoms with Crippen LogP contribution in [-0.4, -0.2) is 45.8 Å². The van der Waals surface area contributed by atoms with E-state index in [9.17, 15) is 4.79 Å². The fourth-order valence-corrected chi connectivity index (χ4v) is 3.56. The van der Waals surface area contributed by atoms with Crippen molar-refractivity contribution < 1.29 is 19.3 Å². The third-order valence-electron chi connectivity index (χ3n) is 5.08. The summed E-state index contributed by atoms with van der Waals surface area (Å²) in [6, 6.07) is 18.6. The number of nitrogens with one attached hydrogen (secondary N) is 2. The molecule has 0 saturated carbocycles. The van der Waals surface area contributed by atoms with E-state index in [0.29, 0.717) is 5.56 Å². The van der Waals surface area contributed by atoms with Crippen LogP contribution < -0.4 is 9.80 Å². The Hall–Kier alpha value is -2.17. The predicted octanol–water partition coefficient (Wildman–Crippen LogP) is -0.000700. The highest BCUT2D eigenvalue weighted by Gasteiger charge is 2.22. The van der Waals surface area contributed by atoms with Crippen molar-refractivity contribution in [2.45, 2.75) is 13.0 Å². The zero-order chi connectivity index (χ0) is 17.5. The van der Waals surface area contributed by atoms with Crippen LogP contribution in [0.4, 0.5) is 0 Å². The summed E-state index contributed by atoms with van der Waals surface area (Å²) in [5.74, 6) is -0.257. The van der Waals surface area contributed by atoms with Crippen molar-refractivity contribution in [1.82, 2.24) is 0 Å². The van der Waals surface area contributed by atoms with E-state index in [1.165, 1.54) is 44.4 Å². The van der Waals surface area contributed by atoms with Crippen LogP contribution in [0.2, 0.25) is 0 Å². The van der Waals surface area contributed by atoms with Crippen molar-refractivity contribution in [2.24, 2.45) is 0 Å².